The van der Waals surface area contributed by atoms with Gasteiger partial charge < -0.3 is 9.80 Å². The molecule has 0 saturated heterocycles. The maximum Gasteiger partial charge on any atom is 0.104 e. The number of allylic oxidation sites excluding steroid dienone is 1. The molecule has 3 aliphatic rings. The van der Waals surface area contributed by atoms with Crippen LogP contribution in [0.4, 0.5) is 5.69 Å². The van der Waals surface area contributed by atoms with Crippen LogP contribution in [-0.2, 0) is 0 Å². The van der Waals surface area contributed by atoms with Gasteiger partial charge in [0.25, 0.3) is 0 Å². The highest BCUT2D eigenvalue weighted by Gasteiger charge is 2.48. The van der Waals surface area contributed by atoms with Gasteiger partial charge in [-0.1, -0.05) is 55.3 Å². The summed E-state index contributed by atoms with van der Waals surface area (Å²) in [5, 5.41) is 0. The molecule has 1 saturated carbocycles. The normalized spacial score (nSPS) is 30.8. The molecule has 1 fully saturated rings. The molecule has 134 valence electrons. The Bertz CT molecular complexity index is 1020. The average Bonchev–Trinajstić information content (AvgIpc) is 3.39. The Labute approximate surface area is 162 Å². The summed E-state index contributed by atoms with van der Waals surface area (Å²) < 4.78 is 35.4. The largest absolute Gasteiger partial charge is 0.342 e. The Hall–Kier alpha value is -2.22. The average molecular weight is 349 g/mol. The number of benzene rings is 2. The lowest BCUT2D eigenvalue weighted by Crippen LogP contribution is -2.40. The third-order valence-corrected chi connectivity index (χ3v) is 6.27. The minimum atomic E-state index is -2.27. The van der Waals surface area contributed by atoms with Gasteiger partial charge in [0.1, 0.15) is 6.17 Å². The fraction of sp³-hybridized carbons (Fsp3) is 0.417. The molecule has 2 aliphatic heterocycles. The number of rotatable bonds is 2. The number of hydrogen-bond donors (Lipinski definition) is 0. The summed E-state index contributed by atoms with van der Waals surface area (Å²) in [5.41, 5.74) is 5.76. The van der Waals surface area contributed by atoms with Gasteiger partial charge >= 0.3 is 0 Å². The lowest BCUT2D eigenvalue weighted by atomic mass is 9.91. The van der Waals surface area contributed by atoms with Gasteiger partial charge in [-0.05, 0) is 56.7 Å². The highest BCUT2D eigenvalue weighted by molar-refractivity contribution is 5.81. The monoisotopic (exact) mass is 348 g/mol. The van der Waals surface area contributed by atoms with E-state index in [0.29, 0.717) is 0 Å². The number of hydrogen-bond acceptors (Lipinski definition) is 2. The molecule has 0 amide bonds. The van der Waals surface area contributed by atoms with Crippen molar-refractivity contribution < 1.29 is 5.48 Å². The van der Waals surface area contributed by atoms with E-state index in [2.05, 4.69) is 6.07 Å². The molecule has 2 aromatic carbocycles. The van der Waals surface area contributed by atoms with Crippen molar-refractivity contribution in [3.8, 4) is 0 Å². The van der Waals surface area contributed by atoms with Gasteiger partial charge in [-0.3, -0.25) is 0 Å². The van der Waals surface area contributed by atoms with Crippen LogP contribution in [0.5, 0.6) is 0 Å². The van der Waals surface area contributed by atoms with Gasteiger partial charge in [-0.15, -0.1) is 0 Å². The number of nitrogens with zero attached hydrogens (tertiary/aromatic N) is 2. The van der Waals surface area contributed by atoms with Crippen LogP contribution in [0.15, 0.2) is 54.2 Å². The predicted molar refractivity (Wildman–Crippen MR) is 109 cm³/mol. The van der Waals surface area contributed by atoms with Crippen molar-refractivity contribution in [2.24, 2.45) is 5.92 Å². The van der Waals surface area contributed by atoms with Crippen molar-refractivity contribution in [3.05, 3.63) is 70.9 Å². The first kappa shape index (κ1) is 12.2. The van der Waals surface area contributed by atoms with E-state index in [0.717, 1.165) is 59.5 Å². The Morgan fingerprint density at radius 1 is 1.00 bits per heavy atom. The smallest absolute Gasteiger partial charge is 0.104 e. The molecule has 5 rings (SSSR count). The SMILES string of the molecule is [2H]C([2H])([2H])C1N(c2ccccc2C)C(C)=C2c3ccccc3C([2H])(C3CCCC3)N21. The van der Waals surface area contributed by atoms with Crippen LogP contribution in [0.1, 0.15) is 67.7 Å². The second-order valence-corrected chi connectivity index (χ2v) is 7.75. The Balaban J connectivity index is 1.79. The second kappa shape index (κ2) is 5.90. The van der Waals surface area contributed by atoms with Crippen LogP contribution >= 0.6 is 0 Å². The lowest BCUT2D eigenvalue weighted by molar-refractivity contribution is 0.198. The molecule has 2 heterocycles. The summed E-state index contributed by atoms with van der Waals surface area (Å²) >= 11 is 0. The van der Waals surface area contributed by atoms with E-state index in [4.69, 9.17) is 4.11 Å². The molecule has 2 heteroatoms. The van der Waals surface area contributed by atoms with E-state index >= 15 is 0 Å². The number of aryl methyl sites for hydroxylation is 1. The van der Waals surface area contributed by atoms with E-state index in [-0.39, 0.29) is 5.92 Å². The van der Waals surface area contributed by atoms with Crippen molar-refractivity contribution in [2.45, 2.75) is 58.6 Å². The zero-order chi connectivity index (χ0) is 21.3. The quantitative estimate of drug-likeness (QED) is 0.647. The molecule has 2 aromatic rings. The van der Waals surface area contributed by atoms with Crippen molar-refractivity contribution in [3.63, 3.8) is 0 Å². The molecule has 2 atom stereocenters. The minimum Gasteiger partial charge on any atom is -0.342 e. The Morgan fingerprint density at radius 3 is 2.50 bits per heavy atom. The lowest BCUT2D eigenvalue weighted by Gasteiger charge is -2.37. The molecule has 1 aliphatic carbocycles. The van der Waals surface area contributed by atoms with Crippen molar-refractivity contribution in [1.29, 1.82) is 0 Å². The molecule has 0 bridgehead atoms. The van der Waals surface area contributed by atoms with Crippen LogP contribution in [0.3, 0.4) is 0 Å². The molecule has 0 N–H and O–H groups in total. The highest BCUT2D eigenvalue weighted by atomic mass is 15.4. The van der Waals surface area contributed by atoms with Gasteiger partial charge in [-0.25, -0.2) is 0 Å². The fourth-order valence-electron chi connectivity index (χ4n) is 5.09. The standard InChI is InChI=1S/C24H28N2/c1-16-10-4-9-15-22(16)25-17(2)23-20-13-7-8-14-21(20)24(26(23)18(25)3)19-11-5-6-12-19/h4,7-10,13-15,18-19,24H,5-6,11-12H2,1-3H3/i3D3,24D. The summed E-state index contributed by atoms with van der Waals surface area (Å²) in [7, 11) is 0. The molecule has 2 unspecified atom stereocenters. The first-order chi connectivity index (χ1) is 14.3. The van der Waals surface area contributed by atoms with Gasteiger partial charge in [0.15, 0.2) is 0 Å². The van der Waals surface area contributed by atoms with Gasteiger partial charge in [0.2, 0.25) is 0 Å². The molecular weight excluding hydrogens is 316 g/mol. The number of para-hydroxylation sites is 1. The van der Waals surface area contributed by atoms with Gasteiger partial charge in [-0.2, -0.15) is 0 Å². The molecular formula is C24H28N2. The van der Waals surface area contributed by atoms with Crippen LogP contribution in [0.25, 0.3) is 5.70 Å². The summed E-state index contributed by atoms with van der Waals surface area (Å²) in [6, 6.07) is 15.0. The molecule has 2 nitrogen and oxygen atoms in total. The van der Waals surface area contributed by atoms with Crippen molar-refractivity contribution in [1.82, 2.24) is 4.90 Å². The highest BCUT2D eigenvalue weighted by Crippen LogP contribution is 2.55. The van der Waals surface area contributed by atoms with Crippen LogP contribution in [-0.4, -0.2) is 11.1 Å². The molecule has 0 aromatic heterocycles. The van der Waals surface area contributed by atoms with Gasteiger partial charge in [0, 0.05) is 21.1 Å². The number of anilines is 1. The van der Waals surface area contributed by atoms with Crippen molar-refractivity contribution in [2.75, 3.05) is 4.90 Å². The van der Waals surface area contributed by atoms with E-state index in [1.807, 2.05) is 66.1 Å². The van der Waals surface area contributed by atoms with E-state index in [1.165, 1.54) is 0 Å². The Kier molecular flexibility index (Phi) is 2.77. The zero-order valence-corrected chi connectivity index (χ0v) is 15.5. The fourth-order valence-corrected chi connectivity index (χ4v) is 5.09. The molecule has 0 spiro atoms. The van der Waals surface area contributed by atoms with E-state index in [1.54, 1.807) is 0 Å². The summed E-state index contributed by atoms with van der Waals surface area (Å²) in [6.07, 6.45) is 3.27. The second-order valence-electron chi connectivity index (χ2n) is 7.75. The summed E-state index contributed by atoms with van der Waals surface area (Å²) in [4.78, 5) is 3.91. The number of fused-ring (bicyclic) bond motifs is 3. The van der Waals surface area contributed by atoms with Gasteiger partial charge in [0.05, 0.1) is 13.1 Å². The summed E-state index contributed by atoms with van der Waals surface area (Å²) in [6.45, 7) is 1.77. The third kappa shape index (κ3) is 2.11. The maximum atomic E-state index is 9.81. The summed E-state index contributed by atoms with van der Waals surface area (Å²) in [5.74, 6) is 0.130. The topological polar surface area (TPSA) is 6.48 Å². The maximum absolute atomic E-state index is 9.81. The van der Waals surface area contributed by atoms with Crippen LogP contribution in [0, 0.1) is 12.8 Å². The van der Waals surface area contributed by atoms with E-state index < -0.39 is 19.0 Å². The first-order valence-corrected chi connectivity index (χ1v) is 9.71. The first-order valence-electron chi connectivity index (χ1n) is 11.7. The van der Waals surface area contributed by atoms with E-state index in [9.17, 15) is 1.37 Å². The third-order valence-electron chi connectivity index (χ3n) is 6.27. The van der Waals surface area contributed by atoms with Crippen LogP contribution < -0.4 is 4.90 Å². The minimum absolute atomic E-state index is 0.130. The molecule has 0 radical (unpaired) electrons. The van der Waals surface area contributed by atoms with Crippen LogP contribution in [0.2, 0.25) is 0 Å². The van der Waals surface area contributed by atoms with Crippen molar-refractivity contribution >= 4 is 11.4 Å². The zero-order valence-electron chi connectivity index (χ0n) is 19.5. The Morgan fingerprint density at radius 2 is 1.73 bits per heavy atom. The molecule has 26 heavy (non-hydrogen) atoms. The predicted octanol–water partition coefficient (Wildman–Crippen LogP) is 6.10.